The first-order valence-electron chi connectivity index (χ1n) is 6.18. The van der Waals surface area contributed by atoms with Crippen LogP contribution >= 0.6 is 0 Å². The summed E-state index contributed by atoms with van der Waals surface area (Å²) in [5, 5.41) is 9.21. The number of rotatable bonds is 11. The van der Waals surface area contributed by atoms with Crippen LogP contribution in [0.1, 0.15) is 32.6 Å². The lowest BCUT2D eigenvalue weighted by Gasteiger charge is -2.09. The van der Waals surface area contributed by atoms with Gasteiger partial charge in [-0.05, 0) is 13.3 Å². The van der Waals surface area contributed by atoms with Crippen LogP contribution in [-0.4, -0.2) is 48.7 Å². The molecule has 3 N–H and O–H groups in total. The molecular weight excluding hydrogens is 254 g/mol. The number of ether oxygens (including phenoxy) is 2. The van der Waals surface area contributed by atoms with E-state index in [0.717, 1.165) is 0 Å². The van der Waals surface area contributed by atoms with Gasteiger partial charge in [-0.3, -0.25) is 14.4 Å². The number of carbonyl (C=O) groups excluding carboxylic acids is 3. The molecule has 7 heteroatoms. The van der Waals surface area contributed by atoms with Gasteiger partial charge in [-0.15, -0.1) is 0 Å². The molecule has 0 radical (unpaired) electrons. The summed E-state index contributed by atoms with van der Waals surface area (Å²) in [4.78, 5) is 33.2. The van der Waals surface area contributed by atoms with Crippen molar-refractivity contribution in [1.29, 1.82) is 0 Å². The van der Waals surface area contributed by atoms with E-state index < -0.39 is 12.3 Å². The number of ketones is 2. The summed E-state index contributed by atoms with van der Waals surface area (Å²) >= 11 is 0. The molecule has 7 nitrogen and oxygen atoms in total. The zero-order chi connectivity index (χ0) is 14.7. The van der Waals surface area contributed by atoms with Crippen LogP contribution in [0.15, 0.2) is 0 Å². The molecule has 0 amide bonds. The number of nitrogens with two attached hydrogens (primary N) is 1. The molecule has 0 aliphatic rings. The smallest absolute Gasteiger partial charge is 0.313 e. The van der Waals surface area contributed by atoms with Crippen LogP contribution in [0.25, 0.3) is 0 Å². The van der Waals surface area contributed by atoms with E-state index in [9.17, 15) is 19.5 Å². The van der Waals surface area contributed by atoms with Gasteiger partial charge in [0.15, 0.2) is 12.1 Å². The minimum Gasteiger partial charge on any atom is -0.465 e. The summed E-state index contributed by atoms with van der Waals surface area (Å²) < 4.78 is 9.57. The molecule has 110 valence electrons. The number of carbonyl (C=O) groups is 3. The van der Waals surface area contributed by atoms with Crippen molar-refractivity contribution in [2.24, 2.45) is 5.73 Å². The van der Waals surface area contributed by atoms with Gasteiger partial charge in [0, 0.05) is 13.0 Å². The van der Waals surface area contributed by atoms with Crippen LogP contribution in [0.2, 0.25) is 0 Å². The third kappa shape index (κ3) is 10.3. The van der Waals surface area contributed by atoms with Gasteiger partial charge in [0.2, 0.25) is 0 Å². The second kappa shape index (κ2) is 10.6. The van der Waals surface area contributed by atoms with Crippen molar-refractivity contribution in [3.05, 3.63) is 0 Å². The van der Waals surface area contributed by atoms with Crippen LogP contribution in [-0.2, 0) is 23.9 Å². The normalized spacial score (nSPS) is 11.9. The van der Waals surface area contributed by atoms with Crippen molar-refractivity contribution in [1.82, 2.24) is 0 Å². The Hall–Kier alpha value is -1.31. The zero-order valence-corrected chi connectivity index (χ0v) is 11.1. The SMILES string of the molecule is CCOC(O)CC(=O)CCCOC(=O)CC(=O)CN. The molecule has 0 aliphatic carbocycles. The van der Waals surface area contributed by atoms with Crippen molar-refractivity contribution in [3.8, 4) is 0 Å². The minimum absolute atomic E-state index is 0.0627. The van der Waals surface area contributed by atoms with E-state index in [0.29, 0.717) is 13.0 Å². The highest BCUT2D eigenvalue weighted by Gasteiger charge is 2.12. The fourth-order valence-electron chi connectivity index (χ4n) is 1.29. The van der Waals surface area contributed by atoms with Crippen LogP contribution in [0.5, 0.6) is 0 Å². The fourth-order valence-corrected chi connectivity index (χ4v) is 1.29. The minimum atomic E-state index is -1.08. The van der Waals surface area contributed by atoms with Gasteiger partial charge in [-0.1, -0.05) is 0 Å². The van der Waals surface area contributed by atoms with Gasteiger partial charge >= 0.3 is 5.97 Å². The molecule has 0 aromatic rings. The predicted molar refractivity (Wildman–Crippen MR) is 66.1 cm³/mol. The van der Waals surface area contributed by atoms with Gasteiger partial charge in [-0.2, -0.15) is 0 Å². The Morgan fingerprint density at radius 1 is 1.26 bits per heavy atom. The second-order valence-corrected chi connectivity index (χ2v) is 3.90. The number of aliphatic hydroxyl groups is 1. The Labute approximate surface area is 112 Å². The lowest BCUT2D eigenvalue weighted by molar-refractivity contribution is -0.147. The highest BCUT2D eigenvalue weighted by atomic mass is 16.6. The standard InChI is InChI=1S/C12H21NO6/c1-2-18-11(16)6-9(14)4-3-5-19-12(17)7-10(15)8-13/h11,16H,2-8,13H2,1H3. The molecule has 0 rings (SSSR count). The molecule has 1 atom stereocenters. The van der Waals surface area contributed by atoms with Gasteiger partial charge < -0.3 is 20.3 Å². The molecule has 0 bridgehead atoms. The number of hydrogen-bond acceptors (Lipinski definition) is 7. The van der Waals surface area contributed by atoms with Gasteiger partial charge in [0.05, 0.1) is 19.6 Å². The van der Waals surface area contributed by atoms with Crippen LogP contribution < -0.4 is 5.73 Å². The molecule has 0 spiro atoms. The van der Waals surface area contributed by atoms with Crippen molar-refractivity contribution in [2.75, 3.05) is 19.8 Å². The van der Waals surface area contributed by atoms with Crippen molar-refractivity contribution >= 4 is 17.5 Å². The first-order chi connectivity index (χ1) is 8.99. The summed E-state index contributed by atoms with van der Waals surface area (Å²) in [5.74, 6) is -1.20. The van der Waals surface area contributed by atoms with Crippen molar-refractivity contribution < 1.29 is 29.0 Å². The van der Waals surface area contributed by atoms with E-state index in [-0.39, 0.29) is 44.0 Å². The molecule has 19 heavy (non-hydrogen) atoms. The average Bonchev–Trinajstić information content (AvgIpc) is 2.34. The van der Waals surface area contributed by atoms with Crippen molar-refractivity contribution in [2.45, 2.75) is 38.9 Å². The number of esters is 1. The van der Waals surface area contributed by atoms with E-state index in [1.807, 2.05) is 0 Å². The fraction of sp³-hybridized carbons (Fsp3) is 0.750. The summed E-state index contributed by atoms with van der Waals surface area (Å²) in [7, 11) is 0. The second-order valence-electron chi connectivity index (χ2n) is 3.90. The third-order valence-corrected chi connectivity index (χ3v) is 2.19. The van der Waals surface area contributed by atoms with Crippen LogP contribution in [0.4, 0.5) is 0 Å². The van der Waals surface area contributed by atoms with E-state index in [2.05, 4.69) is 0 Å². The first kappa shape index (κ1) is 17.7. The van der Waals surface area contributed by atoms with Crippen molar-refractivity contribution in [3.63, 3.8) is 0 Å². The lowest BCUT2D eigenvalue weighted by atomic mass is 10.1. The Bertz CT molecular complexity index is 305. The molecule has 0 aromatic heterocycles. The quantitative estimate of drug-likeness (QED) is 0.227. The Morgan fingerprint density at radius 2 is 1.95 bits per heavy atom. The van der Waals surface area contributed by atoms with E-state index in [4.69, 9.17) is 15.2 Å². The molecule has 0 saturated carbocycles. The number of hydrogen-bond donors (Lipinski definition) is 2. The predicted octanol–water partition coefficient (Wildman–Crippen LogP) is -0.458. The maximum absolute atomic E-state index is 11.3. The largest absolute Gasteiger partial charge is 0.465 e. The highest BCUT2D eigenvalue weighted by Crippen LogP contribution is 2.02. The molecule has 0 aromatic carbocycles. The molecule has 0 aliphatic heterocycles. The van der Waals surface area contributed by atoms with Crippen LogP contribution in [0, 0.1) is 0 Å². The summed E-state index contributed by atoms with van der Waals surface area (Å²) in [6.07, 6.45) is -0.967. The molecule has 0 heterocycles. The Balaban J connectivity index is 3.60. The Kier molecular flexibility index (Phi) is 9.87. The summed E-state index contributed by atoms with van der Waals surface area (Å²) in [5.41, 5.74) is 5.05. The molecule has 1 unspecified atom stereocenters. The van der Waals surface area contributed by atoms with E-state index >= 15 is 0 Å². The van der Waals surface area contributed by atoms with Crippen LogP contribution in [0.3, 0.4) is 0 Å². The number of Topliss-reactive ketones (excluding diaryl/α,β-unsaturated/α-hetero) is 2. The maximum atomic E-state index is 11.3. The summed E-state index contributed by atoms with van der Waals surface area (Å²) in [6.45, 7) is 1.92. The topological polar surface area (TPSA) is 116 Å². The molecular formula is C12H21NO6. The average molecular weight is 275 g/mol. The maximum Gasteiger partial charge on any atom is 0.313 e. The summed E-state index contributed by atoms with van der Waals surface area (Å²) in [6, 6.07) is 0. The highest BCUT2D eigenvalue weighted by molar-refractivity contribution is 5.96. The van der Waals surface area contributed by atoms with Gasteiger partial charge in [0.25, 0.3) is 0 Å². The van der Waals surface area contributed by atoms with Gasteiger partial charge in [0.1, 0.15) is 12.2 Å². The van der Waals surface area contributed by atoms with Gasteiger partial charge in [-0.25, -0.2) is 0 Å². The number of aliphatic hydroxyl groups excluding tert-OH is 1. The lowest BCUT2D eigenvalue weighted by Crippen LogP contribution is -2.20. The third-order valence-electron chi connectivity index (χ3n) is 2.19. The van der Waals surface area contributed by atoms with E-state index in [1.165, 1.54) is 0 Å². The molecule has 0 saturated heterocycles. The Morgan fingerprint density at radius 3 is 2.53 bits per heavy atom. The molecule has 0 fully saturated rings. The monoisotopic (exact) mass is 275 g/mol. The van der Waals surface area contributed by atoms with E-state index in [1.54, 1.807) is 6.92 Å². The first-order valence-corrected chi connectivity index (χ1v) is 6.18. The zero-order valence-electron chi connectivity index (χ0n) is 11.1.